The van der Waals surface area contributed by atoms with Gasteiger partial charge in [0.1, 0.15) is 0 Å². The van der Waals surface area contributed by atoms with Crippen LogP contribution in [0.15, 0.2) is 0 Å². The first kappa shape index (κ1) is 19.7. The van der Waals surface area contributed by atoms with Crippen molar-refractivity contribution in [2.45, 2.75) is 53.9 Å². The fraction of sp³-hybridized carbons (Fsp3) is 0.450. The molecule has 0 aliphatic carbocycles. The van der Waals surface area contributed by atoms with Crippen LogP contribution in [0.1, 0.15) is 86.6 Å². The molecule has 0 spiro atoms. The average molecular weight is 358 g/mol. The highest BCUT2D eigenvalue weighted by molar-refractivity contribution is 6.06. The Morgan fingerprint density at radius 1 is 1.04 bits per heavy atom. The van der Waals surface area contributed by atoms with Crippen molar-refractivity contribution < 1.29 is 19.1 Å². The van der Waals surface area contributed by atoms with Gasteiger partial charge in [-0.25, -0.2) is 4.79 Å². The number of nitrogens with one attached hydrogen (secondary N) is 2. The number of ether oxygens (including phenoxy) is 1. The van der Waals surface area contributed by atoms with Crippen molar-refractivity contribution in [2.75, 3.05) is 6.61 Å². The standard InChI is InChI=1S/C20H26N2O4/c1-6-13-11(4)16(10-23)21-15(13)9-14-12(5)18(20(25)26-8-3)19(22-14)17(24)7-2/h10,21-22H,6-9H2,1-5H3. The molecule has 2 aromatic heterocycles. The topological polar surface area (TPSA) is 92.0 Å². The van der Waals surface area contributed by atoms with Crippen LogP contribution in [-0.4, -0.2) is 34.6 Å². The monoisotopic (exact) mass is 358 g/mol. The molecule has 0 radical (unpaired) electrons. The molecule has 0 bridgehead atoms. The molecule has 2 rings (SSSR count). The number of Topliss-reactive ketones (excluding diaryl/α,β-unsaturated/α-hetero) is 1. The Labute approximate surface area is 153 Å². The lowest BCUT2D eigenvalue weighted by Crippen LogP contribution is -2.11. The van der Waals surface area contributed by atoms with Gasteiger partial charge in [0.15, 0.2) is 12.1 Å². The van der Waals surface area contributed by atoms with Crippen LogP contribution in [-0.2, 0) is 17.6 Å². The van der Waals surface area contributed by atoms with Gasteiger partial charge >= 0.3 is 5.97 Å². The lowest BCUT2D eigenvalue weighted by molar-refractivity contribution is 0.0522. The van der Waals surface area contributed by atoms with Gasteiger partial charge in [0.25, 0.3) is 0 Å². The molecular formula is C20H26N2O4. The second-order valence-electron chi connectivity index (χ2n) is 6.24. The van der Waals surface area contributed by atoms with Crippen LogP contribution in [0.2, 0.25) is 0 Å². The van der Waals surface area contributed by atoms with Crippen LogP contribution in [0.25, 0.3) is 0 Å². The number of H-pyrrole nitrogens is 2. The Balaban J connectivity index is 2.53. The highest BCUT2D eigenvalue weighted by Crippen LogP contribution is 2.26. The van der Waals surface area contributed by atoms with Gasteiger partial charge in [-0.1, -0.05) is 13.8 Å². The van der Waals surface area contributed by atoms with Crippen molar-refractivity contribution in [2.24, 2.45) is 0 Å². The number of hydrogen-bond donors (Lipinski definition) is 2. The predicted octanol–water partition coefficient (Wildman–Crippen LogP) is 3.69. The second-order valence-corrected chi connectivity index (χ2v) is 6.24. The van der Waals surface area contributed by atoms with E-state index in [-0.39, 0.29) is 12.4 Å². The van der Waals surface area contributed by atoms with Crippen molar-refractivity contribution in [1.29, 1.82) is 0 Å². The molecule has 140 valence electrons. The first-order valence-electron chi connectivity index (χ1n) is 8.96. The zero-order chi connectivity index (χ0) is 19.4. The number of carbonyl (C=O) groups is 3. The minimum Gasteiger partial charge on any atom is -0.462 e. The van der Waals surface area contributed by atoms with Gasteiger partial charge in [0, 0.05) is 24.2 Å². The minimum atomic E-state index is -0.490. The number of aromatic amines is 2. The molecule has 6 nitrogen and oxygen atoms in total. The molecule has 0 atom stereocenters. The normalized spacial score (nSPS) is 10.8. The van der Waals surface area contributed by atoms with E-state index in [2.05, 4.69) is 9.97 Å². The molecule has 0 unspecified atom stereocenters. The van der Waals surface area contributed by atoms with Crippen molar-refractivity contribution in [3.8, 4) is 0 Å². The summed E-state index contributed by atoms with van der Waals surface area (Å²) >= 11 is 0. The van der Waals surface area contributed by atoms with Crippen LogP contribution < -0.4 is 0 Å². The van der Waals surface area contributed by atoms with Gasteiger partial charge in [-0.15, -0.1) is 0 Å². The van der Waals surface area contributed by atoms with E-state index in [0.717, 1.165) is 35.2 Å². The number of aldehydes is 1. The number of hydrogen-bond acceptors (Lipinski definition) is 4. The molecule has 26 heavy (non-hydrogen) atoms. The fourth-order valence-corrected chi connectivity index (χ4v) is 3.31. The van der Waals surface area contributed by atoms with Crippen LogP contribution in [0, 0.1) is 13.8 Å². The van der Waals surface area contributed by atoms with E-state index < -0.39 is 5.97 Å². The molecule has 0 aliphatic heterocycles. The molecular weight excluding hydrogens is 332 g/mol. The predicted molar refractivity (Wildman–Crippen MR) is 99.2 cm³/mol. The van der Waals surface area contributed by atoms with E-state index in [1.807, 2.05) is 20.8 Å². The molecule has 0 fully saturated rings. The molecule has 0 saturated carbocycles. The Kier molecular flexibility index (Phi) is 6.18. The maximum Gasteiger partial charge on any atom is 0.340 e. The first-order chi connectivity index (χ1) is 12.4. The molecule has 6 heteroatoms. The summed E-state index contributed by atoms with van der Waals surface area (Å²) in [7, 11) is 0. The first-order valence-corrected chi connectivity index (χ1v) is 8.96. The molecule has 0 amide bonds. The van der Waals surface area contributed by atoms with Crippen LogP contribution >= 0.6 is 0 Å². The summed E-state index contributed by atoms with van der Waals surface area (Å²) in [6.07, 6.45) is 2.38. The van der Waals surface area contributed by atoms with Crippen LogP contribution in [0.3, 0.4) is 0 Å². The van der Waals surface area contributed by atoms with Crippen LogP contribution in [0.5, 0.6) is 0 Å². The minimum absolute atomic E-state index is 0.130. The van der Waals surface area contributed by atoms with Crippen molar-refractivity contribution in [1.82, 2.24) is 9.97 Å². The zero-order valence-corrected chi connectivity index (χ0v) is 16.0. The summed E-state index contributed by atoms with van der Waals surface area (Å²) in [5.41, 5.74) is 5.61. The summed E-state index contributed by atoms with van der Waals surface area (Å²) in [5.74, 6) is -0.620. The van der Waals surface area contributed by atoms with Gasteiger partial charge in [0.05, 0.1) is 23.6 Å². The van der Waals surface area contributed by atoms with Gasteiger partial charge in [-0.3, -0.25) is 9.59 Å². The third-order valence-electron chi connectivity index (χ3n) is 4.76. The van der Waals surface area contributed by atoms with E-state index in [0.29, 0.717) is 35.4 Å². The molecule has 0 saturated heterocycles. The Bertz CT molecular complexity index is 843. The second kappa shape index (κ2) is 8.17. The maximum atomic E-state index is 12.4. The Morgan fingerprint density at radius 2 is 1.73 bits per heavy atom. The molecule has 0 aromatic carbocycles. The van der Waals surface area contributed by atoms with E-state index in [4.69, 9.17) is 4.74 Å². The summed E-state index contributed by atoms with van der Waals surface area (Å²) in [5, 5.41) is 0. The van der Waals surface area contributed by atoms with Gasteiger partial charge in [-0.2, -0.15) is 0 Å². The maximum absolute atomic E-state index is 12.4. The lowest BCUT2D eigenvalue weighted by Gasteiger charge is -2.05. The van der Waals surface area contributed by atoms with E-state index >= 15 is 0 Å². The quantitative estimate of drug-likeness (QED) is 0.427. The smallest absolute Gasteiger partial charge is 0.340 e. The summed E-state index contributed by atoms with van der Waals surface area (Å²) in [6, 6.07) is 0. The van der Waals surface area contributed by atoms with Crippen LogP contribution in [0.4, 0.5) is 0 Å². The van der Waals surface area contributed by atoms with E-state index in [9.17, 15) is 14.4 Å². The van der Waals surface area contributed by atoms with Gasteiger partial charge in [-0.05, 0) is 43.9 Å². The highest BCUT2D eigenvalue weighted by atomic mass is 16.5. The molecule has 0 aliphatic rings. The van der Waals surface area contributed by atoms with Crippen molar-refractivity contribution >= 4 is 18.0 Å². The van der Waals surface area contributed by atoms with E-state index in [1.165, 1.54) is 0 Å². The van der Waals surface area contributed by atoms with E-state index in [1.54, 1.807) is 13.8 Å². The number of ketones is 1. The SMILES string of the molecule is CCOC(=O)c1c(C(=O)CC)[nH]c(Cc2[nH]c(C=O)c(C)c2CC)c1C. The van der Waals surface area contributed by atoms with Gasteiger partial charge < -0.3 is 14.7 Å². The molecule has 2 aromatic rings. The Hall–Kier alpha value is -2.63. The molecule has 2 N–H and O–H groups in total. The summed E-state index contributed by atoms with van der Waals surface area (Å²) in [4.78, 5) is 42.2. The largest absolute Gasteiger partial charge is 0.462 e. The number of esters is 1. The third-order valence-corrected chi connectivity index (χ3v) is 4.76. The number of aromatic nitrogens is 2. The summed E-state index contributed by atoms with van der Waals surface area (Å²) in [6.45, 7) is 9.50. The molecule has 2 heterocycles. The summed E-state index contributed by atoms with van der Waals surface area (Å²) < 4.78 is 5.13. The number of carbonyl (C=O) groups excluding carboxylic acids is 3. The van der Waals surface area contributed by atoms with Crippen molar-refractivity contribution in [3.05, 3.63) is 45.0 Å². The van der Waals surface area contributed by atoms with Gasteiger partial charge in [0.2, 0.25) is 0 Å². The van der Waals surface area contributed by atoms with Crippen molar-refractivity contribution in [3.63, 3.8) is 0 Å². The third kappa shape index (κ3) is 3.49. The fourth-order valence-electron chi connectivity index (χ4n) is 3.31. The Morgan fingerprint density at radius 3 is 2.27 bits per heavy atom. The zero-order valence-electron chi connectivity index (χ0n) is 16.0. The average Bonchev–Trinajstić information content (AvgIpc) is 3.11. The highest BCUT2D eigenvalue weighted by Gasteiger charge is 2.26. The number of rotatable bonds is 8. The lowest BCUT2D eigenvalue weighted by atomic mass is 10.0.